The molecule has 0 N–H and O–H groups in total. The molecule has 0 radical (unpaired) electrons. The Morgan fingerprint density at radius 2 is 1.84 bits per heavy atom. The van der Waals surface area contributed by atoms with Gasteiger partial charge in [0.2, 0.25) is 0 Å². The van der Waals surface area contributed by atoms with Crippen LogP contribution in [-0.2, 0) is 11.2 Å². The molecule has 1 aromatic rings. The Balaban J connectivity index is 1.98. The second-order valence-corrected chi connectivity index (χ2v) is 7.20. The van der Waals surface area contributed by atoms with Gasteiger partial charge in [0.25, 0.3) is 0 Å². The fourth-order valence-electron chi connectivity index (χ4n) is 3.44. The highest BCUT2D eigenvalue weighted by Gasteiger charge is 2.49. The maximum absolute atomic E-state index is 11.5. The van der Waals surface area contributed by atoms with E-state index in [4.69, 9.17) is 4.74 Å². The van der Waals surface area contributed by atoms with Gasteiger partial charge in [-0.3, -0.25) is 9.78 Å². The second kappa shape index (κ2) is 3.84. The predicted octanol–water partition coefficient (Wildman–Crippen LogP) is 2.31. The quantitative estimate of drug-likeness (QED) is 0.572. The molecule has 0 spiro atoms. The zero-order valence-corrected chi connectivity index (χ0v) is 12.1. The molecule has 0 amide bonds. The molecule has 2 aliphatic rings. The molecular formula is C15H20BNO2. The minimum absolute atomic E-state index is 0.175. The highest BCUT2D eigenvalue weighted by atomic mass is 16.5. The number of fused-ring (bicyclic) bond motifs is 1. The van der Waals surface area contributed by atoms with Gasteiger partial charge >= 0.3 is 5.97 Å². The standard InChI is InChI=1S/C15H20BNO2/c1-14(2)8-16(9-15(14,3)4)10-5-6-17-11-7-12(18)19-13(10)11/h5-6H,7-9H2,1-4H3. The van der Waals surface area contributed by atoms with E-state index in [1.165, 1.54) is 5.46 Å². The second-order valence-electron chi connectivity index (χ2n) is 7.20. The zero-order chi connectivity index (χ0) is 13.8. The monoisotopic (exact) mass is 257 g/mol. The van der Waals surface area contributed by atoms with Crippen molar-refractivity contribution in [1.82, 2.24) is 4.98 Å². The number of esters is 1. The van der Waals surface area contributed by atoms with Crippen LogP contribution >= 0.6 is 0 Å². The Labute approximate surface area is 114 Å². The maximum Gasteiger partial charge on any atom is 0.317 e. The third-order valence-corrected chi connectivity index (χ3v) is 5.32. The molecule has 0 aliphatic carbocycles. The smallest absolute Gasteiger partial charge is 0.317 e. The summed E-state index contributed by atoms with van der Waals surface area (Å²) in [5.74, 6) is 0.567. The molecule has 4 heteroatoms. The average Bonchev–Trinajstić information content (AvgIpc) is 2.75. The molecule has 1 fully saturated rings. The Kier molecular flexibility index (Phi) is 2.57. The van der Waals surface area contributed by atoms with E-state index < -0.39 is 0 Å². The van der Waals surface area contributed by atoms with Crippen molar-refractivity contribution in [2.24, 2.45) is 10.8 Å². The van der Waals surface area contributed by atoms with E-state index in [9.17, 15) is 4.79 Å². The van der Waals surface area contributed by atoms with E-state index in [1.807, 2.05) is 12.3 Å². The molecule has 0 atom stereocenters. The van der Waals surface area contributed by atoms with Gasteiger partial charge in [0.1, 0.15) is 5.75 Å². The van der Waals surface area contributed by atoms with Gasteiger partial charge in [0.15, 0.2) is 6.71 Å². The average molecular weight is 257 g/mol. The number of ether oxygens (including phenoxy) is 1. The summed E-state index contributed by atoms with van der Waals surface area (Å²) in [5, 5.41) is 0. The SMILES string of the molecule is CC1(C)CB(c2ccnc3c2OC(=O)C3)CC1(C)C. The summed E-state index contributed by atoms with van der Waals surface area (Å²) in [5.41, 5.74) is 2.59. The van der Waals surface area contributed by atoms with Gasteiger partial charge in [-0.25, -0.2) is 0 Å². The first-order chi connectivity index (χ1) is 8.80. The molecule has 100 valence electrons. The first-order valence-electron chi connectivity index (χ1n) is 6.99. The van der Waals surface area contributed by atoms with E-state index in [0.29, 0.717) is 24.0 Å². The first-order valence-corrected chi connectivity index (χ1v) is 6.99. The molecule has 3 rings (SSSR count). The summed E-state index contributed by atoms with van der Waals surface area (Å²) in [7, 11) is 0. The van der Waals surface area contributed by atoms with E-state index in [2.05, 4.69) is 32.7 Å². The molecule has 0 bridgehead atoms. The molecule has 19 heavy (non-hydrogen) atoms. The molecule has 0 aromatic carbocycles. The Hall–Kier alpha value is -1.32. The topological polar surface area (TPSA) is 39.2 Å². The van der Waals surface area contributed by atoms with Crippen LogP contribution in [0, 0.1) is 10.8 Å². The van der Waals surface area contributed by atoms with Crippen molar-refractivity contribution < 1.29 is 9.53 Å². The summed E-state index contributed by atoms with van der Waals surface area (Å²) >= 11 is 0. The van der Waals surface area contributed by atoms with Gasteiger partial charge < -0.3 is 4.74 Å². The first kappa shape index (κ1) is 12.7. The Bertz CT molecular complexity index is 535. The van der Waals surface area contributed by atoms with Crippen LogP contribution in [0.5, 0.6) is 5.75 Å². The van der Waals surface area contributed by atoms with Crippen LogP contribution in [-0.4, -0.2) is 17.7 Å². The lowest BCUT2D eigenvalue weighted by atomic mass is 9.42. The lowest BCUT2D eigenvalue weighted by molar-refractivity contribution is -0.131. The lowest BCUT2D eigenvalue weighted by Gasteiger charge is -2.35. The normalized spacial score (nSPS) is 23.4. The third kappa shape index (κ3) is 1.89. The number of hydrogen-bond donors (Lipinski definition) is 0. The van der Waals surface area contributed by atoms with E-state index in [1.54, 1.807) is 0 Å². The van der Waals surface area contributed by atoms with Gasteiger partial charge in [0.05, 0.1) is 12.1 Å². The minimum Gasteiger partial charge on any atom is -0.425 e. The highest BCUT2D eigenvalue weighted by molar-refractivity contribution is 6.75. The molecule has 3 heterocycles. The fraction of sp³-hybridized carbons (Fsp3) is 0.600. The number of hydrogen-bond acceptors (Lipinski definition) is 3. The maximum atomic E-state index is 11.5. The number of carbonyl (C=O) groups is 1. The largest absolute Gasteiger partial charge is 0.425 e. The molecule has 1 saturated heterocycles. The Morgan fingerprint density at radius 1 is 1.21 bits per heavy atom. The number of carbonyl (C=O) groups excluding carboxylic acids is 1. The molecule has 3 nitrogen and oxygen atoms in total. The number of aromatic nitrogens is 1. The van der Waals surface area contributed by atoms with Crippen molar-refractivity contribution in [1.29, 1.82) is 0 Å². The van der Waals surface area contributed by atoms with Crippen molar-refractivity contribution in [3.05, 3.63) is 18.0 Å². The van der Waals surface area contributed by atoms with Gasteiger partial charge in [0, 0.05) is 6.20 Å². The molecule has 1 aromatic heterocycles. The molecule has 0 saturated carbocycles. The van der Waals surface area contributed by atoms with E-state index >= 15 is 0 Å². The zero-order valence-electron chi connectivity index (χ0n) is 12.1. The number of rotatable bonds is 1. The molecular weight excluding hydrogens is 237 g/mol. The summed E-state index contributed by atoms with van der Waals surface area (Å²) in [4.78, 5) is 15.7. The predicted molar refractivity (Wildman–Crippen MR) is 76.1 cm³/mol. The Morgan fingerprint density at radius 3 is 2.47 bits per heavy atom. The van der Waals surface area contributed by atoms with Crippen LogP contribution in [0.1, 0.15) is 33.4 Å². The van der Waals surface area contributed by atoms with Crippen LogP contribution in [0.3, 0.4) is 0 Å². The lowest BCUT2D eigenvalue weighted by Crippen LogP contribution is -2.29. The van der Waals surface area contributed by atoms with Crippen LogP contribution in [0.4, 0.5) is 0 Å². The van der Waals surface area contributed by atoms with Gasteiger partial charge in [-0.15, -0.1) is 0 Å². The van der Waals surface area contributed by atoms with Crippen molar-refractivity contribution in [3.8, 4) is 5.75 Å². The van der Waals surface area contributed by atoms with Crippen molar-refractivity contribution in [3.63, 3.8) is 0 Å². The molecule has 0 unspecified atom stereocenters. The van der Waals surface area contributed by atoms with Crippen LogP contribution in [0.25, 0.3) is 0 Å². The van der Waals surface area contributed by atoms with E-state index in [-0.39, 0.29) is 5.97 Å². The summed E-state index contributed by atoms with van der Waals surface area (Å²) in [6, 6.07) is 2.03. The number of nitrogens with zero attached hydrogens (tertiary/aromatic N) is 1. The summed E-state index contributed by atoms with van der Waals surface area (Å²) < 4.78 is 5.39. The van der Waals surface area contributed by atoms with Crippen LogP contribution in [0.15, 0.2) is 12.3 Å². The van der Waals surface area contributed by atoms with Crippen molar-refractivity contribution in [2.45, 2.75) is 46.8 Å². The highest BCUT2D eigenvalue weighted by Crippen LogP contribution is 2.53. The fourth-order valence-corrected chi connectivity index (χ4v) is 3.44. The van der Waals surface area contributed by atoms with E-state index in [0.717, 1.165) is 24.1 Å². The summed E-state index contributed by atoms with van der Waals surface area (Å²) in [6.45, 7) is 9.80. The van der Waals surface area contributed by atoms with Gasteiger partial charge in [-0.05, 0) is 22.4 Å². The van der Waals surface area contributed by atoms with Crippen molar-refractivity contribution >= 4 is 18.1 Å². The van der Waals surface area contributed by atoms with Crippen molar-refractivity contribution in [2.75, 3.05) is 0 Å². The third-order valence-electron chi connectivity index (χ3n) is 5.32. The molecule has 2 aliphatic heterocycles. The van der Waals surface area contributed by atoms with Crippen LogP contribution in [0.2, 0.25) is 12.6 Å². The van der Waals surface area contributed by atoms with Crippen LogP contribution < -0.4 is 10.2 Å². The van der Waals surface area contributed by atoms with Gasteiger partial charge in [-0.2, -0.15) is 0 Å². The minimum atomic E-state index is -0.175. The summed E-state index contributed by atoms with van der Waals surface area (Å²) in [6.07, 6.45) is 4.40. The number of pyridine rings is 1. The van der Waals surface area contributed by atoms with Gasteiger partial charge in [-0.1, -0.05) is 40.3 Å².